The lowest BCUT2D eigenvalue weighted by molar-refractivity contribution is -0.133. The maximum atomic E-state index is 10.7. The van der Waals surface area contributed by atoms with E-state index in [9.17, 15) is 4.79 Å². The second kappa shape index (κ2) is 4.28. The minimum Gasteiger partial charge on any atom is -0.459 e. The lowest BCUT2D eigenvalue weighted by Crippen LogP contribution is -1.95. The Labute approximate surface area is 89.4 Å². The first-order valence-corrected chi connectivity index (χ1v) is 4.50. The molecule has 68 valence electrons. The molecule has 0 unspecified atom stereocenters. The molecular weight excluding hydrogens is 283 g/mol. The van der Waals surface area contributed by atoms with Gasteiger partial charge in [-0.2, -0.15) is 5.10 Å². The Hall–Kier alpha value is -1.03. The predicted octanol–water partition coefficient (Wildman–Crippen LogP) is 0.549. The minimum absolute atomic E-state index is 0.542. The van der Waals surface area contributed by atoms with Crippen LogP contribution in [0.25, 0.3) is 0 Å². The highest BCUT2D eigenvalue weighted by atomic mass is 127. The first kappa shape index (κ1) is 10.1. The number of carbonyl (C=O) groups excluding carboxylic acids is 1. The molecule has 0 saturated carbocycles. The molecule has 0 fully saturated rings. The Bertz CT molecular complexity index is 387. The summed E-state index contributed by atoms with van der Waals surface area (Å²) < 4.78 is 6.96. The zero-order valence-electron chi connectivity index (χ0n) is 7.17. The zero-order valence-corrected chi connectivity index (χ0v) is 9.32. The normalized spacial score (nSPS) is 8.85. The molecule has 1 aromatic heterocycles. The summed E-state index contributed by atoms with van der Waals surface area (Å²) in [6, 6.07) is 0. The average molecular weight is 290 g/mol. The van der Waals surface area contributed by atoms with Crippen LogP contribution in [0.1, 0.15) is 5.56 Å². The number of hydrogen-bond acceptors (Lipinski definition) is 3. The van der Waals surface area contributed by atoms with Crippen molar-refractivity contribution >= 4 is 28.6 Å². The fourth-order valence-electron chi connectivity index (χ4n) is 0.676. The van der Waals surface area contributed by atoms with E-state index < -0.39 is 5.97 Å². The standard InChI is InChI=1S/C8H7IN2O2/c1-11-8(9)6(5-10-11)3-4-7(12)13-2/h5H,1-2H3. The average Bonchev–Trinajstić information content (AvgIpc) is 2.44. The quantitative estimate of drug-likeness (QED) is 0.398. The van der Waals surface area contributed by atoms with E-state index in [-0.39, 0.29) is 0 Å². The molecule has 0 aliphatic rings. The van der Waals surface area contributed by atoms with Gasteiger partial charge in [0.2, 0.25) is 0 Å². The van der Waals surface area contributed by atoms with Gasteiger partial charge >= 0.3 is 5.97 Å². The topological polar surface area (TPSA) is 44.1 Å². The van der Waals surface area contributed by atoms with Crippen molar-refractivity contribution < 1.29 is 9.53 Å². The molecule has 13 heavy (non-hydrogen) atoms. The molecule has 0 spiro atoms. The Kier molecular flexibility index (Phi) is 3.31. The van der Waals surface area contributed by atoms with E-state index in [1.54, 1.807) is 10.9 Å². The van der Waals surface area contributed by atoms with Crippen LogP contribution in [0.15, 0.2) is 6.20 Å². The number of ether oxygens (including phenoxy) is 1. The number of nitrogens with zero attached hydrogens (tertiary/aromatic N) is 2. The van der Waals surface area contributed by atoms with Crippen molar-refractivity contribution in [2.75, 3.05) is 7.11 Å². The SMILES string of the molecule is COC(=O)C#Cc1cnn(C)c1I. The number of esters is 1. The predicted molar refractivity (Wildman–Crippen MR) is 54.8 cm³/mol. The summed E-state index contributed by atoms with van der Waals surface area (Å²) in [5.41, 5.74) is 0.730. The van der Waals surface area contributed by atoms with Crippen molar-refractivity contribution in [2.24, 2.45) is 7.05 Å². The molecule has 1 aromatic rings. The highest BCUT2D eigenvalue weighted by Crippen LogP contribution is 2.07. The lowest BCUT2D eigenvalue weighted by atomic mass is 10.4. The third-order valence-electron chi connectivity index (χ3n) is 1.35. The summed E-state index contributed by atoms with van der Waals surface area (Å²) in [4.78, 5) is 10.7. The van der Waals surface area contributed by atoms with Crippen molar-refractivity contribution in [3.63, 3.8) is 0 Å². The molecule has 0 aliphatic carbocycles. The highest BCUT2D eigenvalue weighted by molar-refractivity contribution is 14.1. The van der Waals surface area contributed by atoms with Gasteiger partial charge in [-0.1, -0.05) is 5.92 Å². The van der Waals surface area contributed by atoms with Crippen LogP contribution in [-0.4, -0.2) is 22.9 Å². The van der Waals surface area contributed by atoms with E-state index >= 15 is 0 Å². The highest BCUT2D eigenvalue weighted by Gasteiger charge is 2.01. The molecule has 5 heteroatoms. The van der Waals surface area contributed by atoms with Crippen LogP contribution in [-0.2, 0) is 16.6 Å². The van der Waals surface area contributed by atoms with Gasteiger partial charge in [-0.25, -0.2) is 4.79 Å². The van der Waals surface area contributed by atoms with E-state index in [2.05, 4.69) is 44.3 Å². The number of carbonyl (C=O) groups is 1. The molecule has 0 atom stereocenters. The van der Waals surface area contributed by atoms with Crippen LogP contribution in [0.2, 0.25) is 0 Å². The summed E-state index contributed by atoms with van der Waals surface area (Å²) in [6.45, 7) is 0. The first-order valence-electron chi connectivity index (χ1n) is 3.42. The van der Waals surface area contributed by atoms with Gasteiger partial charge in [0.1, 0.15) is 3.70 Å². The molecule has 0 bridgehead atoms. The lowest BCUT2D eigenvalue weighted by Gasteiger charge is -1.89. The van der Waals surface area contributed by atoms with Crippen LogP contribution in [0, 0.1) is 15.5 Å². The van der Waals surface area contributed by atoms with Gasteiger partial charge in [0, 0.05) is 13.0 Å². The van der Waals surface area contributed by atoms with Crippen molar-refractivity contribution in [1.29, 1.82) is 0 Å². The van der Waals surface area contributed by atoms with E-state index in [0.29, 0.717) is 0 Å². The number of methoxy groups -OCH3 is 1. The smallest absolute Gasteiger partial charge is 0.384 e. The number of hydrogen-bond donors (Lipinski definition) is 0. The summed E-state index contributed by atoms with van der Waals surface area (Å²) in [7, 11) is 3.11. The number of rotatable bonds is 0. The maximum absolute atomic E-state index is 10.7. The minimum atomic E-state index is -0.542. The molecule has 0 N–H and O–H groups in total. The summed E-state index contributed by atoms with van der Waals surface area (Å²) in [5.74, 6) is 4.46. The van der Waals surface area contributed by atoms with Gasteiger partial charge in [-0.15, -0.1) is 0 Å². The largest absolute Gasteiger partial charge is 0.459 e. The molecule has 4 nitrogen and oxygen atoms in total. The Morgan fingerprint density at radius 2 is 2.46 bits per heavy atom. The van der Waals surface area contributed by atoms with Gasteiger partial charge in [0.15, 0.2) is 0 Å². The van der Waals surface area contributed by atoms with Gasteiger partial charge in [-0.05, 0) is 22.6 Å². The van der Waals surface area contributed by atoms with Crippen LogP contribution in [0.5, 0.6) is 0 Å². The molecule has 0 aliphatic heterocycles. The Morgan fingerprint density at radius 3 is 2.92 bits per heavy atom. The molecule has 0 saturated heterocycles. The Morgan fingerprint density at radius 1 is 1.77 bits per heavy atom. The zero-order chi connectivity index (χ0) is 9.84. The number of halogens is 1. The van der Waals surface area contributed by atoms with Gasteiger partial charge in [0.05, 0.1) is 18.9 Å². The fraction of sp³-hybridized carbons (Fsp3) is 0.250. The van der Waals surface area contributed by atoms with E-state index in [1.165, 1.54) is 7.11 Å². The molecule has 0 radical (unpaired) electrons. The monoisotopic (exact) mass is 290 g/mol. The second-order valence-electron chi connectivity index (χ2n) is 2.21. The van der Waals surface area contributed by atoms with E-state index in [4.69, 9.17) is 0 Å². The molecule has 1 rings (SSSR count). The summed E-state index contributed by atoms with van der Waals surface area (Å²) in [6.07, 6.45) is 1.61. The van der Waals surface area contributed by atoms with Gasteiger partial charge < -0.3 is 4.74 Å². The van der Waals surface area contributed by atoms with Crippen LogP contribution >= 0.6 is 22.6 Å². The maximum Gasteiger partial charge on any atom is 0.384 e. The molecule has 0 aromatic carbocycles. The third-order valence-corrected chi connectivity index (χ3v) is 2.63. The second-order valence-corrected chi connectivity index (χ2v) is 3.24. The van der Waals surface area contributed by atoms with Gasteiger partial charge in [-0.3, -0.25) is 4.68 Å². The number of aryl methyl sites for hydroxylation is 1. The van der Waals surface area contributed by atoms with Crippen molar-refractivity contribution in [1.82, 2.24) is 9.78 Å². The summed E-state index contributed by atoms with van der Waals surface area (Å²) in [5, 5.41) is 3.97. The molecule has 0 amide bonds. The first-order chi connectivity index (χ1) is 6.15. The molecular formula is C8H7IN2O2. The van der Waals surface area contributed by atoms with Gasteiger partial charge in [0.25, 0.3) is 0 Å². The van der Waals surface area contributed by atoms with Crippen molar-refractivity contribution in [3.8, 4) is 11.8 Å². The molecule has 1 heterocycles. The Balaban J connectivity index is 2.89. The van der Waals surface area contributed by atoms with E-state index in [0.717, 1.165) is 9.26 Å². The summed E-state index contributed by atoms with van der Waals surface area (Å²) >= 11 is 2.10. The van der Waals surface area contributed by atoms with E-state index in [1.807, 2.05) is 7.05 Å². The van der Waals surface area contributed by atoms with Crippen LogP contribution in [0.3, 0.4) is 0 Å². The van der Waals surface area contributed by atoms with Crippen molar-refractivity contribution in [3.05, 3.63) is 15.5 Å². The third kappa shape index (κ3) is 2.45. The van der Waals surface area contributed by atoms with Crippen LogP contribution < -0.4 is 0 Å². The van der Waals surface area contributed by atoms with Crippen molar-refractivity contribution in [2.45, 2.75) is 0 Å². The number of aromatic nitrogens is 2. The van der Waals surface area contributed by atoms with Crippen LogP contribution in [0.4, 0.5) is 0 Å². The fourth-order valence-corrected chi connectivity index (χ4v) is 1.07.